The molecule has 2 N–H and O–H groups in total. The molecule has 0 radical (unpaired) electrons. The molecular formula is C19H17NO. The van der Waals surface area contributed by atoms with Gasteiger partial charge in [-0.05, 0) is 41.8 Å². The second-order valence-electron chi connectivity index (χ2n) is 5.38. The van der Waals surface area contributed by atoms with Crippen molar-refractivity contribution in [1.29, 1.82) is 0 Å². The Balaban J connectivity index is 2.18. The van der Waals surface area contributed by atoms with Crippen LogP contribution >= 0.6 is 0 Å². The molecule has 0 unspecified atom stereocenters. The van der Waals surface area contributed by atoms with Crippen LogP contribution in [0.3, 0.4) is 0 Å². The van der Waals surface area contributed by atoms with Crippen molar-refractivity contribution in [1.82, 2.24) is 0 Å². The SMILES string of the molecule is Cc1ccc(C(=O)c2ccc(C)c3ccccc23)cc1N. The number of fused-ring (bicyclic) bond motifs is 1. The lowest BCUT2D eigenvalue weighted by Crippen LogP contribution is -2.04. The lowest BCUT2D eigenvalue weighted by molar-refractivity contribution is 0.104. The summed E-state index contributed by atoms with van der Waals surface area (Å²) in [5.74, 6) is 0.0119. The zero-order valence-corrected chi connectivity index (χ0v) is 12.2. The summed E-state index contributed by atoms with van der Waals surface area (Å²) >= 11 is 0. The summed E-state index contributed by atoms with van der Waals surface area (Å²) in [4.78, 5) is 12.8. The second-order valence-corrected chi connectivity index (χ2v) is 5.38. The highest BCUT2D eigenvalue weighted by molar-refractivity contribution is 6.17. The Kier molecular flexibility index (Phi) is 3.22. The summed E-state index contributed by atoms with van der Waals surface area (Å²) in [6.07, 6.45) is 0. The van der Waals surface area contributed by atoms with Crippen LogP contribution in [0.5, 0.6) is 0 Å². The van der Waals surface area contributed by atoms with Gasteiger partial charge in [0.05, 0.1) is 0 Å². The number of nitrogens with two attached hydrogens (primary N) is 1. The minimum absolute atomic E-state index is 0.0119. The Morgan fingerprint density at radius 2 is 1.52 bits per heavy atom. The zero-order chi connectivity index (χ0) is 15.0. The molecule has 0 saturated carbocycles. The first kappa shape index (κ1) is 13.4. The number of hydrogen-bond acceptors (Lipinski definition) is 2. The molecule has 0 amide bonds. The molecule has 0 aliphatic rings. The molecule has 0 fully saturated rings. The third-order valence-corrected chi connectivity index (χ3v) is 3.93. The highest BCUT2D eigenvalue weighted by Crippen LogP contribution is 2.25. The fraction of sp³-hybridized carbons (Fsp3) is 0.105. The lowest BCUT2D eigenvalue weighted by atomic mass is 9.94. The van der Waals surface area contributed by atoms with E-state index in [4.69, 9.17) is 5.73 Å². The quantitative estimate of drug-likeness (QED) is 0.560. The predicted octanol–water partition coefficient (Wildman–Crippen LogP) is 4.27. The number of nitrogen functional groups attached to an aromatic ring is 1. The molecule has 3 aromatic carbocycles. The van der Waals surface area contributed by atoms with Gasteiger partial charge in [0.25, 0.3) is 0 Å². The van der Waals surface area contributed by atoms with Gasteiger partial charge in [-0.2, -0.15) is 0 Å². The largest absolute Gasteiger partial charge is 0.398 e. The van der Waals surface area contributed by atoms with Crippen molar-refractivity contribution < 1.29 is 4.79 Å². The van der Waals surface area contributed by atoms with Gasteiger partial charge >= 0.3 is 0 Å². The molecule has 3 aromatic rings. The van der Waals surface area contributed by atoms with Crippen molar-refractivity contribution in [2.24, 2.45) is 0 Å². The van der Waals surface area contributed by atoms with Crippen molar-refractivity contribution in [3.05, 3.63) is 76.9 Å². The van der Waals surface area contributed by atoms with Crippen molar-refractivity contribution in [3.63, 3.8) is 0 Å². The summed E-state index contributed by atoms with van der Waals surface area (Å²) < 4.78 is 0. The predicted molar refractivity (Wildman–Crippen MR) is 87.7 cm³/mol. The first-order valence-corrected chi connectivity index (χ1v) is 6.97. The number of aryl methyl sites for hydroxylation is 2. The third kappa shape index (κ3) is 2.29. The van der Waals surface area contributed by atoms with E-state index in [9.17, 15) is 4.79 Å². The minimum Gasteiger partial charge on any atom is -0.398 e. The van der Waals surface area contributed by atoms with Gasteiger partial charge in [-0.25, -0.2) is 0 Å². The molecule has 21 heavy (non-hydrogen) atoms. The van der Waals surface area contributed by atoms with Crippen molar-refractivity contribution in [2.75, 3.05) is 5.73 Å². The Morgan fingerprint density at radius 3 is 2.24 bits per heavy atom. The lowest BCUT2D eigenvalue weighted by Gasteiger charge is -2.09. The smallest absolute Gasteiger partial charge is 0.193 e. The van der Waals surface area contributed by atoms with Crippen LogP contribution in [0.25, 0.3) is 10.8 Å². The summed E-state index contributed by atoms with van der Waals surface area (Å²) in [5.41, 5.74) is 10.1. The van der Waals surface area contributed by atoms with Gasteiger partial charge < -0.3 is 5.73 Å². The topological polar surface area (TPSA) is 43.1 Å². The van der Waals surface area contributed by atoms with Crippen LogP contribution in [-0.2, 0) is 0 Å². The van der Waals surface area contributed by atoms with Gasteiger partial charge in [-0.1, -0.05) is 48.5 Å². The Labute approximate surface area is 124 Å². The number of anilines is 1. The van der Waals surface area contributed by atoms with Crippen LogP contribution in [0.1, 0.15) is 27.0 Å². The summed E-state index contributed by atoms with van der Waals surface area (Å²) in [6, 6.07) is 17.4. The van der Waals surface area contributed by atoms with E-state index < -0.39 is 0 Å². The van der Waals surface area contributed by atoms with Crippen molar-refractivity contribution in [2.45, 2.75) is 13.8 Å². The van der Waals surface area contributed by atoms with E-state index in [1.807, 2.05) is 55.5 Å². The Morgan fingerprint density at radius 1 is 0.857 bits per heavy atom. The van der Waals surface area contributed by atoms with Gasteiger partial charge in [-0.3, -0.25) is 4.79 Å². The van der Waals surface area contributed by atoms with Crippen molar-refractivity contribution >= 4 is 22.2 Å². The van der Waals surface area contributed by atoms with E-state index in [-0.39, 0.29) is 5.78 Å². The van der Waals surface area contributed by atoms with E-state index in [0.29, 0.717) is 11.3 Å². The fourth-order valence-electron chi connectivity index (χ4n) is 2.58. The first-order valence-electron chi connectivity index (χ1n) is 6.97. The van der Waals surface area contributed by atoms with E-state index in [1.165, 1.54) is 5.56 Å². The molecule has 0 heterocycles. The van der Waals surface area contributed by atoms with Gasteiger partial charge in [0.2, 0.25) is 0 Å². The maximum Gasteiger partial charge on any atom is 0.193 e. The highest BCUT2D eigenvalue weighted by Gasteiger charge is 2.14. The average molecular weight is 275 g/mol. The molecular weight excluding hydrogens is 258 g/mol. The maximum atomic E-state index is 12.8. The molecule has 104 valence electrons. The molecule has 0 bridgehead atoms. The summed E-state index contributed by atoms with van der Waals surface area (Å²) in [5, 5.41) is 2.10. The van der Waals surface area contributed by atoms with E-state index in [1.54, 1.807) is 6.07 Å². The minimum atomic E-state index is 0.0119. The second kappa shape index (κ2) is 5.06. The highest BCUT2D eigenvalue weighted by atomic mass is 16.1. The molecule has 0 saturated heterocycles. The van der Waals surface area contributed by atoms with Crippen LogP contribution < -0.4 is 5.73 Å². The molecule has 0 aliphatic carbocycles. The van der Waals surface area contributed by atoms with Crippen LogP contribution in [0, 0.1) is 13.8 Å². The van der Waals surface area contributed by atoms with Gasteiger partial charge in [-0.15, -0.1) is 0 Å². The van der Waals surface area contributed by atoms with Gasteiger partial charge in [0.15, 0.2) is 5.78 Å². The van der Waals surface area contributed by atoms with E-state index in [2.05, 4.69) is 6.92 Å². The Hall–Kier alpha value is -2.61. The zero-order valence-electron chi connectivity index (χ0n) is 12.2. The van der Waals surface area contributed by atoms with Crippen LogP contribution in [0.2, 0.25) is 0 Å². The monoisotopic (exact) mass is 275 g/mol. The van der Waals surface area contributed by atoms with Crippen LogP contribution in [-0.4, -0.2) is 5.78 Å². The van der Waals surface area contributed by atoms with Gasteiger partial charge in [0.1, 0.15) is 0 Å². The molecule has 2 heteroatoms. The number of benzene rings is 3. The molecule has 2 nitrogen and oxygen atoms in total. The number of ketones is 1. The molecule has 0 aromatic heterocycles. The molecule has 0 aliphatic heterocycles. The molecule has 3 rings (SSSR count). The normalized spacial score (nSPS) is 10.8. The van der Waals surface area contributed by atoms with Gasteiger partial charge in [0, 0.05) is 16.8 Å². The van der Waals surface area contributed by atoms with E-state index in [0.717, 1.165) is 21.9 Å². The first-order chi connectivity index (χ1) is 10.1. The number of carbonyl (C=O) groups excluding carboxylic acids is 1. The molecule has 0 spiro atoms. The van der Waals surface area contributed by atoms with Crippen LogP contribution in [0.15, 0.2) is 54.6 Å². The number of carbonyl (C=O) groups is 1. The van der Waals surface area contributed by atoms with E-state index >= 15 is 0 Å². The summed E-state index contributed by atoms with van der Waals surface area (Å²) in [7, 11) is 0. The van der Waals surface area contributed by atoms with Crippen LogP contribution in [0.4, 0.5) is 5.69 Å². The number of hydrogen-bond donors (Lipinski definition) is 1. The maximum absolute atomic E-state index is 12.8. The third-order valence-electron chi connectivity index (χ3n) is 3.93. The summed E-state index contributed by atoms with van der Waals surface area (Å²) in [6.45, 7) is 3.99. The Bertz CT molecular complexity index is 849. The standard InChI is InChI=1S/C19H17NO/c1-12-8-10-17(16-6-4-3-5-15(12)16)19(21)14-9-7-13(2)18(20)11-14/h3-11H,20H2,1-2H3. The number of rotatable bonds is 2. The molecule has 0 atom stereocenters. The van der Waals surface area contributed by atoms with Crippen molar-refractivity contribution in [3.8, 4) is 0 Å². The average Bonchev–Trinajstić information content (AvgIpc) is 2.50. The fourth-order valence-corrected chi connectivity index (χ4v) is 2.58.